The average Bonchev–Trinajstić information content (AvgIpc) is 2.29. The lowest BCUT2D eigenvalue weighted by Gasteiger charge is -2.32. The summed E-state index contributed by atoms with van der Waals surface area (Å²) in [5.41, 5.74) is 5.28. The molecule has 1 unspecified atom stereocenters. The molecule has 1 fully saturated rings. The minimum Gasteiger partial charge on any atom is -0.344 e. The van der Waals surface area contributed by atoms with Crippen molar-refractivity contribution in [3.8, 4) is 0 Å². The Balaban J connectivity index is 2.44. The molecular formula is C13H26N2O. The molecule has 2 N–H and O–H groups in total. The van der Waals surface area contributed by atoms with E-state index in [1.54, 1.807) is 0 Å². The van der Waals surface area contributed by atoms with Crippen molar-refractivity contribution in [1.82, 2.24) is 4.90 Å². The van der Waals surface area contributed by atoms with Gasteiger partial charge in [0.1, 0.15) is 0 Å². The third-order valence-corrected chi connectivity index (χ3v) is 3.83. The molecule has 1 amide bonds. The van der Waals surface area contributed by atoms with Crippen LogP contribution in [0.5, 0.6) is 0 Å². The number of hydrogen-bond acceptors (Lipinski definition) is 2. The molecular weight excluding hydrogens is 200 g/mol. The second-order valence-corrected chi connectivity index (χ2v) is 5.46. The smallest absolute Gasteiger partial charge is 0.242 e. The van der Waals surface area contributed by atoms with Gasteiger partial charge in [-0.2, -0.15) is 0 Å². The molecule has 0 saturated heterocycles. The van der Waals surface area contributed by atoms with Crippen molar-refractivity contribution in [3.63, 3.8) is 0 Å². The van der Waals surface area contributed by atoms with Crippen LogP contribution in [0.4, 0.5) is 0 Å². The Morgan fingerprint density at radius 2 is 1.94 bits per heavy atom. The summed E-state index contributed by atoms with van der Waals surface area (Å²) in [4.78, 5) is 13.9. The molecule has 3 nitrogen and oxygen atoms in total. The van der Waals surface area contributed by atoms with E-state index in [0.717, 1.165) is 6.54 Å². The van der Waals surface area contributed by atoms with Crippen molar-refractivity contribution >= 4 is 5.91 Å². The highest BCUT2D eigenvalue weighted by molar-refractivity contribution is 5.85. The molecule has 1 atom stereocenters. The van der Waals surface area contributed by atoms with E-state index in [2.05, 4.69) is 0 Å². The van der Waals surface area contributed by atoms with Crippen LogP contribution in [-0.4, -0.2) is 29.9 Å². The Hall–Kier alpha value is -0.570. The topological polar surface area (TPSA) is 46.3 Å². The predicted octanol–water partition coefficient (Wildman–Crippen LogP) is 2.15. The quantitative estimate of drug-likeness (QED) is 0.798. The van der Waals surface area contributed by atoms with Crippen LogP contribution in [-0.2, 0) is 4.79 Å². The predicted molar refractivity (Wildman–Crippen MR) is 67.1 cm³/mol. The first-order valence-corrected chi connectivity index (χ1v) is 6.52. The number of rotatable bonds is 4. The molecule has 1 saturated carbocycles. The van der Waals surface area contributed by atoms with Crippen molar-refractivity contribution in [2.75, 3.05) is 13.6 Å². The number of hydrogen-bond donors (Lipinski definition) is 1. The Morgan fingerprint density at radius 3 is 2.44 bits per heavy atom. The third kappa shape index (κ3) is 3.48. The first kappa shape index (κ1) is 13.5. The highest BCUT2D eigenvalue weighted by atomic mass is 16.2. The minimum absolute atomic E-state index is 0.0839. The van der Waals surface area contributed by atoms with Gasteiger partial charge in [-0.3, -0.25) is 4.79 Å². The molecule has 1 aliphatic carbocycles. The number of likely N-dealkylation sites (N-methyl/N-ethyl adjacent to an activating group) is 1. The van der Waals surface area contributed by atoms with E-state index in [9.17, 15) is 4.79 Å². The molecule has 0 radical (unpaired) electrons. The molecule has 0 aromatic rings. The minimum atomic E-state index is -0.691. The highest BCUT2D eigenvalue weighted by Gasteiger charge is 2.30. The van der Waals surface area contributed by atoms with Crippen molar-refractivity contribution < 1.29 is 4.79 Å². The Kier molecular flexibility index (Phi) is 4.78. The van der Waals surface area contributed by atoms with Crippen molar-refractivity contribution in [2.45, 2.75) is 57.9 Å². The zero-order chi connectivity index (χ0) is 12.2. The summed E-state index contributed by atoms with van der Waals surface area (Å²) in [6.45, 7) is 4.67. The van der Waals surface area contributed by atoms with E-state index in [0.29, 0.717) is 12.3 Å². The largest absolute Gasteiger partial charge is 0.344 e. The SMILES string of the molecule is CCC(C)(N)C(=O)N(C)CC1CCCCC1. The number of nitrogens with two attached hydrogens (primary N) is 1. The second-order valence-electron chi connectivity index (χ2n) is 5.46. The van der Waals surface area contributed by atoms with E-state index in [1.165, 1.54) is 32.1 Å². The standard InChI is InChI=1S/C13H26N2O/c1-4-13(2,14)12(16)15(3)10-11-8-6-5-7-9-11/h11H,4-10,14H2,1-3H3. The van der Waals surface area contributed by atoms with Crippen LogP contribution in [0.3, 0.4) is 0 Å². The molecule has 1 rings (SSSR count). The van der Waals surface area contributed by atoms with Crippen molar-refractivity contribution in [1.29, 1.82) is 0 Å². The van der Waals surface area contributed by atoms with E-state index >= 15 is 0 Å². The summed E-state index contributed by atoms with van der Waals surface area (Å²) in [6.07, 6.45) is 7.23. The fourth-order valence-corrected chi connectivity index (χ4v) is 2.43. The molecule has 0 aromatic carbocycles. The number of amides is 1. The molecule has 0 spiro atoms. The fourth-order valence-electron chi connectivity index (χ4n) is 2.43. The van der Waals surface area contributed by atoms with Crippen LogP contribution >= 0.6 is 0 Å². The molecule has 0 bridgehead atoms. The number of carbonyl (C=O) groups excluding carboxylic acids is 1. The van der Waals surface area contributed by atoms with Gasteiger partial charge in [0.25, 0.3) is 0 Å². The van der Waals surface area contributed by atoms with Gasteiger partial charge in [-0.15, -0.1) is 0 Å². The van der Waals surface area contributed by atoms with Crippen molar-refractivity contribution in [2.24, 2.45) is 11.7 Å². The van der Waals surface area contributed by atoms with Gasteiger partial charge in [0, 0.05) is 13.6 Å². The number of carbonyl (C=O) groups is 1. The van der Waals surface area contributed by atoms with Crippen molar-refractivity contribution in [3.05, 3.63) is 0 Å². The third-order valence-electron chi connectivity index (χ3n) is 3.83. The zero-order valence-corrected chi connectivity index (χ0v) is 11.0. The Morgan fingerprint density at radius 1 is 1.38 bits per heavy atom. The first-order valence-electron chi connectivity index (χ1n) is 6.52. The van der Waals surface area contributed by atoms with Crippen LogP contribution < -0.4 is 5.73 Å². The van der Waals surface area contributed by atoms with E-state index in [-0.39, 0.29) is 5.91 Å². The van der Waals surface area contributed by atoms with Gasteiger partial charge in [-0.25, -0.2) is 0 Å². The lowest BCUT2D eigenvalue weighted by Crippen LogP contribution is -2.52. The van der Waals surface area contributed by atoms with E-state index < -0.39 is 5.54 Å². The van der Waals surface area contributed by atoms with Gasteiger partial charge in [0.15, 0.2) is 0 Å². The monoisotopic (exact) mass is 226 g/mol. The summed E-state index contributed by atoms with van der Waals surface area (Å²) < 4.78 is 0. The van der Waals surface area contributed by atoms with Gasteiger partial charge >= 0.3 is 0 Å². The van der Waals surface area contributed by atoms with E-state index in [4.69, 9.17) is 5.73 Å². The Labute approximate surface area is 99.4 Å². The van der Waals surface area contributed by atoms with Gasteiger partial charge in [-0.1, -0.05) is 26.2 Å². The maximum absolute atomic E-state index is 12.1. The lowest BCUT2D eigenvalue weighted by molar-refractivity contribution is -0.135. The molecule has 3 heteroatoms. The Bertz CT molecular complexity index is 232. The van der Waals surface area contributed by atoms with Gasteiger partial charge < -0.3 is 10.6 Å². The van der Waals surface area contributed by atoms with Gasteiger partial charge in [0.2, 0.25) is 5.91 Å². The highest BCUT2D eigenvalue weighted by Crippen LogP contribution is 2.24. The summed E-state index contributed by atoms with van der Waals surface area (Å²) in [7, 11) is 1.89. The van der Waals surface area contributed by atoms with Crippen LogP contribution in [0, 0.1) is 5.92 Å². The molecule has 0 aromatic heterocycles. The summed E-state index contributed by atoms with van der Waals surface area (Å²) in [5, 5.41) is 0. The second kappa shape index (κ2) is 5.67. The average molecular weight is 226 g/mol. The van der Waals surface area contributed by atoms with E-state index in [1.807, 2.05) is 25.8 Å². The van der Waals surface area contributed by atoms with Crippen LogP contribution in [0.15, 0.2) is 0 Å². The van der Waals surface area contributed by atoms with Gasteiger partial charge in [-0.05, 0) is 32.1 Å². The zero-order valence-electron chi connectivity index (χ0n) is 11.0. The maximum Gasteiger partial charge on any atom is 0.242 e. The van der Waals surface area contributed by atoms with Crippen LogP contribution in [0.25, 0.3) is 0 Å². The molecule has 1 aliphatic rings. The first-order chi connectivity index (χ1) is 7.47. The maximum atomic E-state index is 12.1. The fraction of sp³-hybridized carbons (Fsp3) is 0.923. The molecule has 0 heterocycles. The summed E-state index contributed by atoms with van der Waals surface area (Å²) in [6, 6.07) is 0. The molecule has 16 heavy (non-hydrogen) atoms. The normalized spacial score (nSPS) is 21.5. The van der Waals surface area contributed by atoms with Crippen LogP contribution in [0.1, 0.15) is 52.4 Å². The summed E-state index contributed by atoms with van der Waals surface area (Å²) >= 11 is 0. The number of nitrogens with zero attached hydrogens (tertiary/aromatic N) is 1. The summed E-state index contributed by atoms with van der Waals surface area (Å²) in [5.74, 6) is 0.774. The van der Waals surface area contributed by atoms with Gasteiger partial charge in [0.05, 0.1) is 5.54 Å². The van der Waals surface area contributed by atoms with Crippen LogP contribution in [0.2, 0.25) is 0 Å². The molecule has 0 aliphatic heterocycles. The molecule has 94 valence electrons. The lowest BCUT2D eigenvalue weighted by atomic mass is 9.88.